The first kappa shape index (κ1) is 15.7. The number of esters is 1. The predicted molar refractivity (Wildman–Crippen MR) is 84.1 cm³/mol. The van der Waals surface area contributed by atoms with Crippen molar-refractivity contribution in [2.45, 2.75) is 25.3 Å². The number of carbonyl (C=O) groups excluding carboxylic acids is 1. The van der Waals surface area contributed by atoms with Crippen LogP contribution in [0.3, 0.4) is 0 Å². The number of hydrogen-bond donors (Lipinski definition) is 1. The lowest BCUT2D eigenvalue weighted by atomic mass is 10.2. The number of aromatic nitrogens is 2. The fraction of sp³-hybridized carbons (Fsp3) is 0.312. The highest BCUT2D eigenvalue weighted by atomic mass is 35.5. The van der Waals surface area contributed by atoms with E-state index in [1.54, 1.807) is 12.1 Å². The van der Waals surface area contributed by atoms with Crippen molar-refractivity contribution in [1.29, 1.82) is 0 Å². The Kier molecular flexibility index (Phi) is 4.43. The summed E-state index contributed by atoms with van der Waals surface area (Å²) in [7, 11) is 1.28. The Balaban J connectivity index is 1.86. The number of nitrogens with zero attached hydrogens (tertiary/aromatic N) is 2. The third-order valence-electron chi connectivity index (χ3n) is 3.56. The smallest absolute Gasteiger partial charge is 0.358 e. The van der Waals surface area contributed by atoms with Crippen molar-refractivity contribution < 1.29 is 13.9 Å². The molecule has 1 N–H and O–H groups in total. The highest BCUT2D eigenvalue weighted by Crippen LogP contribution is 2.39. The van der Waals surface area contributed by atoms with Crippen LogP contribution >= 0.6 is 11.6 Å². The van der Waals surface area contributed by atoms with Gasteiger partial charge in [0.15, 0.2) is 5.69 Å². The second kappa shape index (κ2) is 6.50. The molecule has 23 heavy (non-hydrogen) atoms. The zero-order valence-corrected chi connectivity index (χ0v) is 13.2. The van der Waals surface area contributed by atoms with Crippen molar-refractivity contribution in [2.24, 2.45) is 0 Å². The number of anilines is 1. The van der Waals surface area contributed by atoms with Crippen LogP contribution in [0.5, 0.6) is 0 Å². The molecule has 0 saturated heterocycles. The van der Waals surface area contributed by atoms with Crippen molar-refractivity contribution in [3.05, 3.63) is 52.2 Å². The average molecular weight is 336 g/mol. The normalized spacial score (nSPS) is 13.7. The molecule has 5 nitrogen and oxygen atoms in total. The minimum Gasteiger partial charge on any atom is -0.464 e. The molecule has 0 bridgehead atoms. The van der Waals surface area contributed by atoms with E-state index in [2.05, 4.69) is 15.3 Å². The molecule has 0 aliphatic heterocycles. The minimum absolute atomic E-state index is 0.0627. The number of halogens is 2. The van der Waals surface area contributed by atoms with Crippen molar-refractivity contribution in [3.8, 4) is 0 Å². The number of rotatable bonds is 5. The molecule has 1 saturated carbocycles. The Morgan fingerprint density at radius 2 is 2.04 bits per heavy atom. The molecule has 0 spiro atoms. The van der Waals surface area contributed by atoms with Crippen LogP contribution in [-0.4, -0.2) is 23.0 Å². The average Bonchev–Trinajstić information content (AvgIpc) is 3.39. The van der Waals surface area contributed by atoms with E-state index in [0.717, 1.165) is 18.4 Å². The van der Waals surface area contributed by atoms with E-state index in [1.165, 1.54) is 19.2 Å². The molecule has 1 aromatic heterocycles. The Morgan fingerprint density at radius 3 is 2.65 bits per heavy atom. The summed E-state index contributed by atoms with van der Waals surface area (Å²) < 4.78 is 17.7. The van der Waals surface area contributed by atoms with Gasteiger partial charge in [-0.15, -0.1) is 0 Å². The summed E-state index contributed by atoms with van der Waals surface area (Å²) >= 11 is 6.22. The zero-order valence-electron chi connectivity index (χ0n) is 12.5. The Labute approximate surface area is 137 Å². The maximum atomic E-state index is 12.9. The molecule has 120 valence electrons. The molecule has 2 aromatic rings. The number of nitrogens with one attached hydrogen (secondary N) is 1. The summed E-state index contributed by atoms with van der Waals surface area (Å²) in [5.41, 5.74) is 0.932. The first-order valence-electron chi connectivity index (χ1n) is 7.22. The second-order valence-corrected chi connectivity index (χ2v) is 5.72. The minimum atomic E-state index is -0.593. The lowest BCUT2D eigenvalue weighted by Crippen LogP contribution is -2.12. The first-order chi connectivity index (χ1) is 11.1. The van der Waals surface area contributed by atoms with Gasteiger partial charge in [0.1, 0.15) is 22.5 Å². The van der Waals surface area contributed by atoms with Gasteiger partial charge < -0.3 is 10.1 Å². The highest BCUT2D eigenvalue weighted by molar-refractivity contribution is 6.35. The SMILES string of the molecule is COC(=O)c1nc(C2CC2)nc(NCc2ccc(F)cc2)c1Cl. The molecule has 1 aromatic carbocycles. The quantitative estimate of drug-likeness (QED) is 0.847. The summed E-state index contributed by atoms with van der Waals surface area (Å²) in [5, 5.41) is 3.21. The second-order valence-electron chi connectivity index (χ2n) is 5.34. The topological polar surface area (TPSA) is 64.1 Å². The summed E-state index contributed by atoms with van der Waals surface area (Å²) in [5.74, 6) is 0.355. The summed E-state index contributed by atoms with van der Waals surface area (Å²) in [6, 6.07) is 6.10. The highest BCUT2D eigenvalue weighted by Gasteiger charge is 2.30. The van der Waals surface area contributed by atoms with Gasteiger partial charge in [-0.05, 0) is 30.5 Å². The van der Waals surface area contributed by atoms with E-state index in [-0.39, 0.29) is 22.5 Å². The summed E-state index contributed by atoms with van der Waals surface area (Å²) in [6.07, 6.45) is 2.00. The molecule has 1 aliphatic rings. The lowest BCUT2D eigenvalue weighted by Gasteiger charge is -2.12. The molecule has 1 fully saturated rings. The molecule has 1 heterocycles. The first-order valence-corrected chi connectivity index (χ1v) is 7.60. The Bertz CT molecular complexity index is 733. The molecule has 1 aliphatic carbocycles. The lowest BCUT2D eigenvalue weighted by molar-refractivity contribution is 0.0593. The van der Waals surface area contributed by atoms with Crippen molar-refractivity contribution >= 4 is 23.4 Å². The summed E-state index contributed by atoms with van der Waals surface area (Å²) in [6.45, 7) is 0.404. The maximum Gasteiger partial charge on any atom is 0.358 e. The van der Waals surface area contributed by atoms with E-state index in [9.17, 15) is 9.18 Å². The number of hydrogen-bond acceptors (Lipinski definition) is 5. The van der Waals surface area contributed by atoms with Gasteiger partial charge in [0.2, 0.25) is 0 Å². The Hall–Kier alpha value is -2.21. The van der Waals surface area contributed by atoms with E-state index < -0.39 is 5.97 Å². The number of ether oxygens (including phenoxy) is 1. The van der Waals surface area contributed by atoms with Crippen LogP contribution in [0.1, 0.15) is 40.6 Å². The number of benzene rings is 1. The van der Waals surface area contributed by atoms with Gasteiger partial charge in [0.05, 0.1) is 7.11 Å². The standard InChI is InChI=1S/C16H15ClFN3O2/c1-23-16(22)13-12(17)15(21-14(20-13)10-4-5-10)19-8-9-2-6-11(18)7-3-9/h2-3,6-7,10H,4-5,8H2,1H3,(H,19,20,21). The fourth-order valence-electron chi connectivity index (χ4n) is 2.13. The maximum absolute atomic E-state index is 12.9. The van der Waals surface area contributed by atoms with Crippen LogP contribution in [0.2, 0.25) is 5.02 Å². The largest absolute Gasteiger partial charge is 0.464 e. The van der Waals surface area contributed by atoms with Crippen LogP contribution in [0.15, 0.2) is 24.3 Å². The van der Waals surface area contributed by atoms with Crippen LogP contribution in [0.25, 0.3) is 0 Å². The Morgan fingerprint density at radius 1 is 1.35 bits per heavy atom. The van der Waals surface area contributed by atoms with E-state index >= 15 is 0 Å². The van der Waals surface area contributed by atoms with Gasteiger partial charge in [-0.25, -0.2) is 19.2 Å². The molecule has 0 amide bonds. The third-order valence-corrected chi connectivity index (χ3v) is 3.92. The monoisotopic (exact) mass is 335 g/mol. The van der Waals surface area contributed by atoms with Crippen molar-refractivity contribution in [3.63, 3.8) is 0 Å². The van der Waals surface area contributed by atoms with Gasteiger partial charge in [0.25, 0.3) is 0 Å². The molecule has 0 radical (unpaired) electrons. The van der Waals surface area contributed by atoms with Crippen LogP contribution < -0.4 is 5.32 Å². The van der Waals surface area contributed by atoms with Crippen LogP contribution in [0, 0.1) is 5.82 Å². The van der Waals surface area contributed by atoms with Crippen molar-refractivity contribution in [1.82, 2.24) is 9.97 Å². The fourth-order valence-corrected chi connectivity index (χ4v) is 2.35. The van der Waals surface area contributed by atoms with Crippen LogP contribution in [-0.2, 0) is 11.3 Å². The molecular weight excluding hydrogens is 321 g/mol. The molecule has 7 heteroatoms. The van der Waals surface area contributed by atoms with Gasteiger partial charge in [-0.1, -0.05) is 23.7 Å². The van der Waals surface area contributed by atoms with Gasteiger partial charge >= 0.3 is 5.97 Å². The van der Waals surface area contributed by atoms with E-state index in [4.69, 9.17) is 16.3 Å². The molecule has 3 rings (SSSR count). The predicted octanol–water partition coefficient (Wildman–Crippen LogP) is 3.55. The third kappa shape index (κ3) is 3.59. The zero-order chi connectivity index (χ0) is 16.4. The van der Waals surface area contributed by atoms with Crippen LogP contribution in [0.4, 0.5) is 10.2 Å². The van der Waals surface area contributed by atoms with Gasteiger partial charge in [0, 0.05) is 12.5 Å². The van der Waals surface area contributed by atoms with E-state index in [0.29, 0.717) is 18.2 Å². The van der Waals surface area contributed by atoms with Crippen molar-refractivity contribution in [2.75, 3.05) is 12.4 Å². The molecular formula is C16H15ClFN3O2. The van der Waals surface area contributed by atoms with Gasteiger partial charge in [-0.2, -0.15) is 0 Å². The van der Waals surface area contributed by atoms with Gasteiger partial charge in [-0.3, -0.25) is 0 Å². The molecule has 0 atom stereocenters. The summed E-state index contributed by atoms with van der Waals surface area (Å²) in [4.78, 5) is 20.5. The molecule has 0 unspecified atom stereocenters. The number of methoxy groups -OCH3 is 1. The van der Waals surface area contributed by atoms with E-state index in [1.807, 2.05) is 0 Å². The number of carbonyl (C=O) groups is 1.